The minimum Gasteiger partial charge on any atom is -0.488 e. The molecule has 0 saturated carbocycles. The quantitative estimate of drug-likeness (QED) is 0.510. The van der Waals surface area contributed by atoms with Crippen molar-refractivity contribution in [2.24, 2.45) is 0 Å². The molecule has 2 aromatic carbocycles. The highest BCUT2D eigenvalue weighted by Crippen LogP contribution is 2.24. The number of hydrogen-bond donors (Lipinski definition) is 1. The SMILES string of the molecule is COCC(C)Oc1ccc(/C=C/CC(NC(=O)c2c(Cl)cccc2Cl)C(=O)OC)cc1. The Morgan fingerprint density at radius 3 is 2.29 bits per heavy atom. The lowest BCUT2D eigenvalue weighted by Gasteiger charge is -2.16. The van der Waals surface area contributed by atoms with Crippen LogP contribution in [0.25, 0.3) is 6.08 Å². The van der Waals surface area contributed by atoms with Crippen LogP contribution in [0.2, 0.25) is 10.0 Å². The van der Waals surface area contributed by atoms with E-state index in [9.17, 15) is 9.59 Å². The highest BCUT2D eigenvalue weighted by Gasteiger charge is 2.23. The minimum absolute atomic E-state index is 0.0533. The summed E-state index contributed by atoms with van der Waals surface area (Å²) in [4.78, 5) is 24.7. The Labute approximate surface area is 192 Å². The molecule has 0 saturated heterocycles. The lowest BCUT2D eigenvalue weighted by Crippen LogP contribution is -2.41. The van der Waals surface area contributed by atoms with Crippen LogP contribution in [0.4, 0.5) is 0 Å². The number of amides is 1. The van der Waals surface area contributed by atoms with Gasteiger partial charge in [-0.15, -0.1) is 0 Å². The molecule has 6 nitrogen and oxygen atoms in total. The second-order valence-corrected chi connectivity index (χ2v) is 7.55. The summed E-state index contributed by atoms with van der Waals surface area (Å²) in [6.45, 7) is 2.43. The van der Waals surface area contributed by atoms with Crippen LogP contribution >= 0.6 is 23.2 Å². The molecule has 0 spiro atoms. The zero-order valence-corrected chi connectivity index (χ0v) is 19.1. The molecule has 1 amide bonds. The van der Waals surface area contributed by atoms with Crippen LogP contribution in [-0.4, -0.2) is 44.8 Å². The van der Waals surface area contributed by atoms with Crippen LogP contribution in [0.15, 0.2) is 48.5 Å². The lowest BCUT2D eigenvalue weighted by atomic mass is 10.1. The van der Waals surface area contributed by atoms with Crippen LogP contribution in [-0.2, 0) is 14.3 Å². The van der Waals surface area contributed by atoms with Crippen LogP contribution in [0.1, 0.15) is 29.3 Å². The first-order chi connectivity index (χ1) is 14.8. The van der Waals surface area contributed by atoms with Crippen molar-refractivity contribution < 1.29 is 23.8 Å². The molecule has 0 radical (unpaired) electrons. The molecule has 0 heterocycles. The largest absolute Gasteiger partial charge is 0.488 e. The smallest absolute Gasteiger partial charge is 0.328 e. The van der Waals surface area contributed by atoms with Gasteiger partial charge in [0.05, 0.1) is 29.3 Å². The third-order valence-corrected chi connectivity index (χ3v) is 4.91. The fraction of sp³-hybridized carbons (Fsp3) is 0.304. The maximum Gasteiger partial charge on any atom is 0.328 e. The summed E-state index contributed by atoms with van der Waals surface area (Å²) < 4.78 is 15.6. The molecule has 2 aromatic rings. The maximum absolute atomic E-state index is 12.6. The van der Waals surface area contributed by atoms with E-state index < -0.39 is 17.9 Å². The number of benzene rings is 2. The van der Waals surface area contributed by atoms with Gasteiger partial charge in [0, 0.05) is 7.11 Å². The van der Waals surface area contributed by atoms with Gasteiger partial charge in [0.15, 0.2) is 0 Å². The van der Waals surface area contributed by atoms with Crippen molar-refractivity contribution in [3.05, 3.63) is 69.7 Å². The molecule has 166 valence electrons. The van der Waals surface area contributed by atoms with Crippen LogP contribution in [0.5, 0.6) is 5.75 Å². The van der Waals surface area contributed by atoms with E-state index >= 15 is 0 Å². The fourth-order valence-electron chi connectivity index (χ4n) is 2.80. The van der Waals surface area contributed by atoms with E-state index in [0.29, 0.717) is 6.61 Å². The summed E-state index contributed by atoms with van der Waals surface area (Å²) in [6.07, 6.45) is 3.79. The second-order valence-electron chi connectivity index (χ2n) is 6.74. The molecule has 31 heavy (non-hydrogen) atoms. The van der Waals surface area contributed by atoms with Gasteiger partial charge >= 0.3 is 5.97 Å². The summed E-state index contributed by atoms with van der Waals surface area (Å²) in [5.41, 5.74) is 1.03. The molecule has 0 aliphatic rings. The number of carbonyl (C=O) groups is 2. The Hall–Kier alpha value is -2.54. The second kappa shape index (κ2) is 12.3. The number of rotatable bonds is 10. The normalized spacial score (nSPS) is 12.9. The van der Waals surface area contributed by atoms with Crippen molar-refractivity contribution in [3.8, 4) is 5.75 Å². The maximum atomic E-state index is 12.6. The number of halogens is 2. The molecule has 2 unspecified atom stereocenters. The van der Waals surface area contributed by atoms with E-state index in [-0.39, 0.29) is 28.1 Å². The first-order valence-electron chi connectivity index (χ1n) is 9.60. The Kier molecular flexibility index (Phi) is 9.85. The van der Waals surface area contributed by atoms with Gasteiger partial charge < -0.3 is 19.5 Å². The van der Waals surface area contributed by atoms with Crippen molar-refractivity contribution in [3.63, 3.8) is 0 Å². The fourth-order valence-corrected chi connectivity index (χ4v) is 3.37. The lowest BCUT2D eigenvalue weighted by molar-refractivity contribution is -0.142. The molecule has 0 aliphatic carbocycles. The summed E-state index contributed by atoms with van der Waals surface area (Å²) in [5.74, 6) is -0.388. The topological polar surface area (TPSA) is 73.9 Å². The number of nitrogens with one attached hydrogen (secondary N) is 1. The Morgan fingerprint density at radius 2 is 1.71 bits per heavy atom. The number of hydrogen-bond acceptors (Lipinski definition) is 5. The van der Waals surface area contributed by atoms with Crippen molar-refractivity contribution in [1.29, 1.82) is 0 Å². The predicted octanol–water partition coefficient (Wildman–Crippen LogP) is 4.78. The van der Waals surface area contributed by atoms with E-state index in [1.807, 2.05) is 37.3 Å². The van der Waals surface area contributed by atoms with Gasteiger partial charge in [-0.05, 0) is 43.2 Å². The molecule has 1 N–H and O–H groups in total. The van der Waals surface area contributed by atoms with Crippen molar-refractivity contribution >= 4 is 41.2 Å². The third-order valence-electron chi connectivity index (χ3n) is 4.28. The van der Waals surface area contributed by atoms with Crippen molar-refractivity contribution in [2.75, 3.05) is 20.8 Å². The Balaban J connectivity index is 2.02. The summed E-state index contributed by atoms with van der Waals surface area (Å²) >= 11 is 12.1. The first-order valence-corrected chi connectivity index (χ1v) is 10.4. The third kappa shape index (κ3) is 7.58. The number of carbonyl (C=O) groups excluding carboxylic acids is 2. The summed E-state index contributed by atoms with van der Waals surface area (Å²) in [7, 11) is 2.89. The number of methoxy groups -OCH3 is 2. The van der Waals surface area contributed by atoms with E-state index in [4.69, 9.17) is 37.4 Å². The van der Waals surface area contributed by atoms with Crippen LogP contribution < -0.4 is 10.1 Å². The molecule has 2 rings (SSSR count). The molecule has 2 atom stereocenters. The minimum atomic E-state index is -0.890. The Morgan fingerprint density at radius 1 is 1.06 bits per heavy atom. The van der Waals surface area contributed by atoms with Crippen LogP contribution in [0, 0.1) is 0 Å². The van der Waals surface area contributed by atoms with Gasteiger partial charge in [-0.25, -0.2) is 4.79 Å². The zero-order chi connectivity index (χ0) is 22.8. The average Bonchev–Trinajstić information content (AvgIpc) is 2.73. The summed E-state index contributed by atoms with van der Waals surface area (Å²) in [5, 5.41) is 3.03. The van der Waals surface area contributed by atoms with E-state index in [1.54, 1.807) is 31.4 Å². The monoisotopic (exact) mass is 465 g/mol. The van der Waals surface area contributed by atoms with Crippen molar-refractivity contribution in [1.82, 2.24) is 5.32 Å². The molecule has 0 bridgehead atoms. The van der Waals surface area contributed by atoms with E-state index in [1.165, 1.54) is 7.11 Å². The first kappa shape index (κ1) is 24.7. The predicted molar refractivity (Wildman–Crippen MR) is 122 cm³/mol. The van der Waals surface area contributed by atoms with Gasteiger partial charge in [-0.2, -0.15) is 0 Å². The molecule has 0 fully saturated rings. The summed E-state index contributed by atoms with van der Waals surface area (Å²) in [6, 6.07) is 11.3. The van der Waals surface area contributed by atoms with Gasteiger partial charge in [-0.1, -0.05) is 53.6 Å². The van der Waals surface area contributed by atoms with E-state index in [2.05, 4.69) is 5.32 Å². The van der Waals surface area contributed by atoms with E-state index in [0.717, 1.165) is 11.3 Å². The molecule has 0 aromatic heterocycles. The molecular formula is C23H25Cl2NO5. The van der Waals surface area contributed by atoms with Gasteiger partial charge in [0.2, 0.25) is 0 Å². The molecule has 0 aliphatic heterocycles. The zero-order valence-electron chi connectivity index (χ0n) is 17.6. The van der Waals surface area contributed by atoms with Gasteiger partial charge in [-0.3, -0.25) is 4.79 Å². The standard InChI is InChI=1S/C23H25Cl2NO5/c1-15(14-29-2)31-17-12-10-16(11-13-17)6-4-9-20(23(28)30-3)26-22(27)21-18(24)7-5-8-19(21)25/h4-8,10-13,15,20H,9,14H2,1-3H3,(H,26,27)/b6-4+. The van der Waals surface area contributed by atoms with Gasteiger partial charge in [0.25, 0.3) is 5.91 Å². The highest BCUT2D eigenvalue weighted by atomic mass is 35.5. The average molecular weight is 466 g/mol. The Bertz CT molecular complexity index is 894. The number of ether oxygens (including phenoxy) is 3. The molecular weight excluding hydrogens is 441 g/mol. The highest BCUT2D eigenvalue weighted by molar-refractivity contribution is 6.39. The van der Waals surface area contributed by atoms with Crippen LogP contribution in [0.3, 0.4) is 0 Å². The van der Waals surface area contributed by atoms with Gasteiger partial charge in [0.1, 0.15) is 17.9 Å². The van der Waals surface area contributed by atoms with Crippen molar-refractivity contribution in [2.45, 2.75) is 25.5 Å². The number of esters is 1. The molecule has 8 heteroatoms.